The van der Waals surface area contributed by atoms with Crippen LogP contribution in [0.1, 0.15) is 45.1 Å². The van der Waals surface area contributed by atoms with Crippen molar-refractivity contribution < 1.29 is 13.2 Å². The molecule has 0 radical (unpaired) electrons. The number of nitrogens with one attached hydrogen (secondary N) is 4. The van der Waals surface area contributed by atoms with Crippen LogP contribution >= 0.6 is 0 Å². The summed E-state index contributed by atoms with van der Waals surface area (Å²) in [6.07, 6.45) is 4.33. The van der Waals surface area contributed by atoms with E-state index < -0.39 is 10.0 Å². The lowest BCUT2D eigenvalue weighted by Gasteiger charge is -2.17. The van der Waals surface area contributed by atoms with Gasteiger partial charge in [0.2, 0.25) is 27.9 Å². The summed E-state index contributed by atoms with van der Waals surface area (Å²) in [5, 5.41) is 11.5. The molecule has 4 aromatic rings. The second-order valence-corrected chi connectivity index (χ2v) is 13.1. The number of fused-ring (bicyclic) bond motifs is 1. The zero-order valence-corrected chi connectivity index (χ0v) is 27.7. The average Bonchev–Trinajstić information content (AvgIpc) is 3.01. The van der Waals surface area contributed by atoms with Crippen molar-refractivity contribution in [2.75, 3.05) is 61.7 Å². The third kappa shape index (κ3) is 9.92. The molecule has 0 spiro atoms. The second-order valence-electron chi connectivity index (χ2n) is 11.4. The molecule has 0 saturated heterocycles. The van der Waals surface area contributed by atoms with Crippen molar-refractivity contribution in [3.63, 3.8) is 0 Å². The highest BCUT2D eigenvalue weighted by molar-refractivity contribution is 7.89. The number of unbranched alkanes of at least 4 members (excludes halogenated alkanes) is 3. The van der Waals surface area contributed by atoms with E-state index in [0.717, 1.165) is 54.3 Å². The molecule has 1 aromatic heterocycles. The van der Waals surface area contributed by atoms with Gasteiger partial charge in [0.1, 0.15) is 5.75 Å². The standard InChI is InChI=1S/C33H46N8O3S/c1-24(2)37-33-39-31(38-32(40-33)35-23-20-25-16-18-26(44-5)19-17-25)34-21-8-6-7-9-22-36-45(42,43)30-15-11-12-27-28(30)13-10-14-29(27)41(3)4/h10-19,24,36H,6-9,20-23H2,1-5H3,(H3,34,35,37,38,39,40). The van der Waals surface area contributed by atoms with Gasteiger partial charge < -0.3 is 25.6 Å². The van der Waals surface area contributed by atoms with Crippen molar-refractivity contribution in [1.29, 1.82) is 0 Å². The van der Waals surface area contributed by atoms with Gasteiger partial charge in [0.15, 0.2) is 0 Å². The van der Waals surface area contributed by atoms with Crippen LogP contribution in [0.25, 0.3) is 10.8 Å². The molecule has 0 aliphatic carbocycles. The summed E-state index contributed by atoms with van der Waals surface area (Å²) in [6, 6.07) is 19.4. The van der Waals surface area contributed by atoms with Crippen LogP contribution in [-0.4, -0.2) is 70.3 Å². The van der Waals surface area contributed by atoms with Gasteiger partial charge in [0.05, 0.1) is 12.0 Å². The molecule has 0 saturated carbocycles. The number of hydrogen-bond donors (Lipinski definition) is 4. The fourth-order valence-electron chi connectivity index (χ4n) is 4.94. The molecule has 242 valence electrons. The van der Waals surface area contributed by atoms with Crippen LogP contribution in [0.4, 0.5) is 23.5 Å². The van der Waals surface area contributed by atoms with Crippen molar-refractivity contribution >= 4 is 44.3 Å². The van der Waals surface area contributed by atoms with Crippen LogP contribution in [0, 0.1) is 0 Å². The van der Waals surface area contributed by atoms with E-state index in [1.54, 1.807) is 19.2 Å². The Hall–Kier alpha value is -4.16. The van der Waals surface area contributed by atoms with Crippen LogP contribution in [-0.2, 0) is 16.4 Å². The predicted octanol–water partition coefficient (Wildman–Crippen LogP) is 5.53. The number of methoxy groups -OCH3 is 1. The fourth-order valence-corrected chi connectivity index (χ4v) is 6.24. The quantitative estimate of drug-likeness (QED) is 0.104. The molecule has 45 heavy (non-hydrogen) atoms. The Morgan fingerprint density at radius 1 is 0.756 bits per heavy atom. The van der Waals surface area contributed by atoms with Crippen LogP contribution < -0.4 is 30.3 Å². The van der Waals surface area contributed by atoms with E-state index in [1.807, 2.05) is 81.4 Å². The Balaban J connectivity index is 1.21. The first-order valence-electron chi connectivity index (χ1n) is 15.5. The van der Waals surface area contributed by atoms with Crippen LogP contribution in [0.5, 0.6) is 5.75 Å². The maximum atomic E-state index is 13.1. The Kier molecular flexibility index (Phi) is 12.2. The number of aromatic nitrogens is 3. The Bertz CT molecular complexity index is 1630. The molecule has 0 aliphatic rings. The molecule has 3 aromatic carbocycles. The molecular formula is C33H46N8O3S. The van der Waals surface area contributed by atoms with Gasteiger partial charge in [0.25, 0.3) is 0 Å². The van der Waals surface area contributed by atoms with E-state index in [0.29, 0.717) is 42.4 Å². The van der Waals surface area contributed by atoms with E-state index in [-0.39, 0.29) is 6.04 Å². The lowest BCUT2D eigenvalue weighted by molar-refractivity contribution is 0.414. The highest BCUT2D eigenvalue weighted by Crippen LogP contribution is 2.30. The SMILES string of the molecule is COc1ccc(CCNc2nc(NCCCCCCNS(=O)(=O)c3cccc4c(N(C)C)cccc34)nc(NC(C)C)n2)cc1. The molecule has 0 amide bonds. The van der Waals surface area contributed by atoms with E-state index in [2.05, 4.69) is 35.6 Å². The van der Waals surface area contributed by atoms with Crippen molar-refractivity contribution in [2.24, 2.45) is 0 Å². The summed E-state index contributed by atoms with van der Waals surface area (Å²) in [6.45, 7) is 5.85. The minimum atomic E-state index is -3.63. The topological polar surface area (TPSA) is 133 Å². The molecule has 0 aliphatic heterocycles. The molecule has 4 rings (SSSR count). The minimum Gasteiger partial charge on any atom is -0.497 e. The Labute approximate surface area is 267 Å². The minimum absolute atomic E-state index is 0.181. The smallest absolute Gasteiger partial charge is 0.241 e. The third-order valence-corrected chi connectivity index (χ3v) is 8.74. The van der Waals surface area contributed by atoms with Gasteiger partial charge in [-0.2, -0.15) is 15.0 Å². The van der Waals surface area contributed by atoms with E-state index in [4.69, 9.17) is 4.74 Å². The molecule has 1 heterocycles. The van der Waals surface area contributed by atoms with Crippen molar-refractivity contribution in [3.8, 4) is 5.75 Å². The summed E-state index contributed by atoms with van der Waals surface area (Å²) < 4.78 is 34.3. The zero-order chi connectivity index (χ0) is 32.2. The summed E-state index contributed by atoms with van der Waals surface area (Å²) in [5.41, 5.74) is 2.18. The van der Waals surface area contributed by atoms with Crippen LogP contribution in [0.2, 0.25) is 0 Å². The number of ether oxygens (including phenoxy) is 1. The normalized spacial score (nSPS) is 11.5. The largest absolute Gasteiger partial charge is 0.497 e. The van der Waals surface area contributed by atoms with Gasteiger partial charge in [-0.05, 0) is 62.9 Å². The summed E-state index contributed by atoms with van der Waals surface area (Å²) in [4.78, 5) is 15.9. The number of nitrogens with zero attached hydrogens (tertiary/aromatic N) is 4. The number of hydrogen-bond acceptors (Lipinski definition) is 10. The van der Waals surface area contributed by atoms with Gasteiger partial charge in [0, 0.05) is 56.2 Å². The lowest BCUT2D eigenvalue weighted by Crippen LogP contribution is -2.25. The zero-order valence-electron chi connectivity index (χ0n) is 26.9. The molecule has 0 atom stereocenters. The predicted molar refractivity (Wildman–Crippen MR) is 184 cm³/mol. The highest BCUT2D eigenvalue weighted by Gasteiger charge is 2.18. The number of rotatable bonds is 18. The fraction of sp³-hybridized carbons (Fsp3) is 0.424. The first kappa shape index (κ1) is 33.7. The molecule has 4 N–H and O–H groups in total. The second kappa shape index (κ2) is 16.2. The molecule has 0 unspecified atom stereocenters. The average molecular weight is 635 g/mol. The van der Waals surface area contributed by atoms with Gasteiger partial charge >= 0.3 is 0 Å². The van der Waals surface area contributed by atoms with E-state index in [1.165, 1.54) is 5.56 Å². The first-order chi connectivity index (χ1) is 21.7. The summed E-state index contributed by atoms with van der Waals surface area (Å²) in [5.74, 6) is 2.39. The molecule has 11 nitrogen and oxygen atoms in total. The highest BCUT2D eigenvalue weighted by atomic mass is 32.2. The van der Waals surface area contributed by atoms with Crippen molar-refractivity contribution in [3.05, 3.63) is 66.2 Å². The van der Waals surface area contributed by atoms with Gasteiger partial charge in [-0.3, -0.25) is 0 Å². The number of sulfonamides is 1. The van der Waals surface area contributed by atoms with Gasteiger partial charge in [-0.25, -0.2) is 13.1 Å². The van der Waals surface area contributed by atoms with Crippen LogP contribution in [0.3, 0.4) is 0 Å². The summed E-state index contributed by atoms with van der Waals surface area (Å²) in [7, 11) is 1.94. The van der Waals surface area contributed by atoms with Crippen LogP contribution in [0.15, 0.2) is 65.6 Å². The third-order valence-electron chi connectivity index (χ3n) is 7.22. The lowest BCUT2D eigenvalue weighted by atomic mass is 10.1. The maximum absolute atomic E-state index is 13.1. The van der Waals surface area contributed by atoms with Crippen molar-refractivity contribution in [1.82, 2.24) is 19.7 Å². The van der Waals surface area contributed by atoms with Crippen molar-refractivity contribution in [2.45, 2.75) is 56.9 Å². The monoisotopic (exact) mass is 634 g/mol. The Morgan fingerprint density at radius 3 is 2.04 bits per heavy atom. The molecule has 0 fully saturated rings. The van der Waals surface area contributed by atoms with E-state index in [9.17, 15) is 8.42 Å². The number of benzene rings is 3. The number of anilines is 4. The maximum Gasteiger partial charge on any atom is 0.241 e. The molecule has 0 bridgehead atoms. The molecule has 12 heteroatoms. The van der Waals surface area contributed by atoms with E-state index >= 15 is 0 Å². The first-order valence-corrected chi connectivity index (χ1v) is 17.0. The van der Waals surface area contributed by atoms with Gasteiger partial charge in [-0.15, -0.1) is 0 Å². The summed E-state index contributed by atoms with van der Waals surface area (Å²) >= 11 is 0. The Morgan fingerprint density at radius 2 is 1.38 bits per heavy atom. The molecular weight excluding hydrogens is 588 g/mol. The van der Waals surface area contributed by atoms with Gasteiger partial charge in [-0.1, -0.05) is 49.2 Å².